The van der Waals surface area contributed by atoms with E-state index in [0.29, 0.717) is 48.8 Å². The number of benzene rings is 1. The molecule has 26 heavy (non-hydrogen) atoms. The van der Waals surface area contributed by atoms with Crippen LogP contribution in [0.15, 0.2) is 36.5 Å². The van der Waals surface area contributed by atoms with E-state index in [-0.39, 0.29) is 5.91 Å². The summed E-state index contributed by atoms with van der Waals surface area (Å²) in [6.07, 6.45) is 1.57. The highest BCUT2D eigenvalue weighted by Gasteiger charge is 2.23. The second kappa shape index (κ2) is 7.74. The number of hydrogen-bond donors (Lipinski definition) is 0. The Morgan fingerprint density at radius 2 is 1.81 bits per heavy atom. The van der Waals surface area contributed by atoms with Gasteiger partial charge in [0.2, 0.25) is 0 Å². The fourth-order valence-electron chi connectivity index (χ4n) is 2.93. The zero-order valence-electron chi connectivity index (χ0n) is 14.8. The van der Waals surface area contributed by atoms with Gasteiger partial charge in [-0.05, 0) is 30.3 Å². The number of amides is 1. The van der Waals surface area contributed by atoms with E-state index in [2.05, 4.69) is 16.0 Å². The van der Waals surface area contributed by atoms with Gasteiger partial charge in [-0.1, -0.05) is 0 Å². The highest BCUT2D eigenvalue weighted by atomic mass is 16.5. The number of anilines is 1. The Hall–Kier alpha value is -3.27. The summed E-state index contributed by atoms with van der Waals surface area (Å²) in [6, 6.07) is 10.8. The minimum Gasteiger partial charge on any atom is -0.493 e. The van der Waals surface area contributed by atoms with Crippen LogP contribution in [0.25, 0.3) is 0 Å². The fraction of sp³-hybridized carbons (Fsp3) is 0.316. The second-order valence-electron chi connectivity index (χ2n) is 5.87. The molecule has 0 aliphatic carbocycles. The predicted octanol–water partition coefficient (Wildman–Crippen LogP) is 1.93. The van der Waals surface area contributed by atoms with E-state index in [4.69, 9.17) is 14.7 Å². The van der Waals surface area contributed by atoms with Gasteiger partial charge in [0, 0.05) is 37.9 Å². The summed E-state index contributed by atoms with van der Waals surface area (Å²) in [6.45, 7) is 2.60. The average molecular weight is 352 g/mol. The summed E-state index contributed by atoms with van der Waals surface area (Å²) in [5.74, 6) is 1.93. The Balaban J connectivity index is 1.65. The Kier molecular flexibility index (Phi) is 5.23. The molecule has 0 unspecified atom stereocenters. The topological polar surface area (TPSA) is 78.7 Å². The van der Waals surface area contributed by atoms with Crippen molar-refractivity contribution >= 4 is 11.7 Å². The number of aromatic nitrogens is 1. The van der Waals surface area contributed by atoms with Crippen LogP contribution in [0.4, 0.5) is 5.82 Å². The quantitative estimate of drug-likeness (QED) is 0.837. The number of nitriles is 1. The number of pyridine rings is 1. The Labute approximate surface area is 152 Å². The van der Waals surface area contributed by atoms with Crippen LogP contribution in [0.2, 0.25) is 0 Å². The lowest BCUT2D eigenvalue weighted by Gasteiger charge is -2.35. The van der Waals surface area contributed by atoms with Gasteiger partial charge in [-0.15, -0.1) is 0 Å². The maximum atomic E-state index is 12.8. The Morgan fingerprint density at radius 1 is 1.08 bits per heavy atom. The molecule has 1 aliphatic heterocycles. The van der Waals surface area contributed by atoms with Gasteiger partial charge in [-0.25, -0.2) is 4.98 Å². The predicted molar refractivity (Wildman–Crippen MR) is 96.6 cm³/mol. The molecule has 2 aromatic rings. The number of carbonyl (C=O) groups excluding carboxylic acids is 1. The number of nitrogens with zero attached hydrogens (tertiary/aromatic N) is 4. The molecule has 1 fully saturated rings. The van der Waals surface area contributed by atoms with Crippen molar-refractivity contribution in [1.82, 2.24) is 9.88 Å². The van der Waals surface area contributed by atoms with Crippen molar-refractivity contribution in [2.75, 3.05) is 45.3 Å². The van der Waals surface area contributed by atoms with Crippen molar-refractivity contribution < 1.29 is 14.3 Å². The summed E-state index contributed by atoms with van der Waals surface area (Å²) in [5.41, 5.74) is 1.11. The molecule has 0 atom stereocenters. The van der Waals surface area contributed by atoms with Crippen molar-refractivity contribution in [2.24, 2.45) is 0 Å². The van der Waals surface area contributed by atoms with Crippen LogP contribution in [0.3, 0.4) is 0 Å². The molecule has 0 saturated carbocycles. The molecular formula is C19H20N4O3. The maximum absolute atomic E-state index is 12.8. The third-order valence-corrected chi connectivity index (χ3v) is 4.40. The van der Waals surface area contributed by atoms with Gasteiger partial charge in [0.25, 0.3) is 5.91 Å². The van der Waals surface area contributed by atoms with E-state index < -0.39 is 0 Å². The zero-order valence-corrected chi connectivity index (χ0v) is 14.8. The van der Waals surface area contributed by atoms with Crippen molar-refractivity contribution in [3.8, 4) is 17.6 Å². The minimum absolute atomic E-state index is 0.0293. The molecule has 0 radical (unpaired) electrons. The van der Waals surface area contributed by atoms with Gasteiger partial charge >= 0.3 is 0 Å². The van der Waals surface area contributed by atoms with E-state index in [9.17, 15) is 4.79 Å². The molecule has 134 valence electrons. The fourth-order valence-corrected chi connectivity index (χ4v) is 2.93. The molecule has 0 spiro atoms. The van der Waals surface area contributed by atoms with E-state index in [0.717, 1.165) is 5.82 Å². The summed E-state index contributed by atoms with van der Waals surface area (Å²) in [7, 11) is 3.12. The number of ether oxygens (including phenoxy) is 2. The van der Waals surface area contributed by atoms with Crippen LogP contribution in [-0.2, 0) is 0 Å². The molecule has 2 heterocycles. The van der Waals surface area contributed by atoms with Crippen LogP contribution in [0, 0.1) is 11.3 Å². The first-order chi connectivity index (χ1) is 12.7. The number of carbonyl (C=O) groups is 1. The standard InChI is InChI=1S/C19H20N4O3/c1-25-16-5-4-15(11-17(16)26-2)19(24)23-9-7-22(8-10-23)18-6-3-14(12-20)13-21-18/h3-6,11,13H,7-10H2,1-2H3. The van der Waals surface area contributed by atoms with Crippen molar-refractivity contribution in [3.05, 3.63) is 47.7 Å². The summed E-state index contributed by atoms with van der Waals surface area (Å²) >= 11 is 0. The maximum Gasteiger partial charge on any atom is 0.254 e. The Bertz CT molecular complexity index is 822. The largest absolute Gasteiger partial charge is 0.493 e. The first-order valence-corrected chi connectivity index (χ1v) is 8.28. The summed E-state index contributed by atoms with van der Waals surface area (Å²) in [4.78, 5) is 21.0. The number of rotatable bonds is 4. The number of hydrogen-bond acceptors (Lipinski definition) is 6. The van der Waals surface area contributed by atoms with Crippen LogP contribution in [0.5, 0.6) is 11.5 Å². The highest BCUT2D eigenvalue weighted by molar-refractivity contribution is 5.95. The van der Waals surface area contributed by atoms with Crippen LogP contribution < -0.4 is 14.4 Å². The van der Waals surface area contributed by atoms with Gasteiger partial charge in [0.05, 0.1) is 19.8 Å². The molecular weight excluding hydrogens is 332 g/mol. The smallest absolute Gasteiger partial charge is 0.254 e. The molecule has 7 nitrogen and oxygen atoms in total. The average Bonchev–Trinajstić information content (AvgIpc) is 2.73. The SMILES string of the molecule is COc1ccc(C(=O)N2CCN(c3ccc(C#N)cn3)CC2)cc1OC. The summed E-state index contributed by atoms with van der Waals surface area (Å²) < 4.78 is 10.5. The second-order valence-corrected chi connectivity index (χ2v) is 5.87. The van der Waals surface area contributed by atoms with Crippen molar-refractivity contribution in [3.63, 3.8) is 0 Å². The molecule has 3 rings (SSSR count). The normalized spacial score (nSPS) is 13.9. The van der Waals surface area contributed by atoms with Gasteiger partial charge in [0.1, 0.15) is 11.9 Å². The molecule has 0 N–H and O–H groups in total. The molecule has 1 saturated heterocycles. The van der Waals surface area contributed by atoms with E-state index in [1.165, 1.54) is 0 Å². The molecule has 1 amide bonds. The minimum atomic E-state index is -0.0293. The van der Waals surface area contributed by atoms with Gasteiger partial charge < -0.3 is 19.3 Å². The lowest BCUT2D eigenvalue weighted by molar-refractivity contribution is 0.0746. The van der Waals surface area contributed by atoms with E-state index in [1.54, 1.807) is 44.7 Å². The van der Waals surface area contributed by atoms with Gasteiger partial charge in [-0.3, -0.25) is 4.79 Å². The third kappa shape index (κ3) is 3.54. The molecule has 1 aliphatic rings. The molecule has 1 aromatic heterocycles. The van der Waals surface area contributed by atoms with Crippen LogP contribution in [0.1, 0.15) is 15.9 Å². The van der Waals surface area contributed by atoms with Crippen LogP contribution in [-0.4, -0.2) is 56.2 Å². The first-order valence-electron chi connectivity index (χ1n) is 8.28. The lowest BCUT2D eigenvalue weighted by Crippen LogP contribution is -2.49. The van der Waals surface area contributed by atoms with E-state index >= 15 is 0 Å². The van der Waals surface area contributed by atoms with E-state index in [1.807, 2.05) is 11.0 Å². The molecule has 0 bridgehead atoms. The summed E-state index contributed by atoms with van der Waals surface area (Å²) in [5, 5.41) is 8.85. The van der Waals surface area contributed by atoms with Gasteiger partial charge in [-0.2, -0.15) is 5.26 Å². The van der Waals surface area contributed by atoms with Crippen LogP contribution >= 0.6 is 0 Å². The zero-order chi connectivity index (χ0) is 18.5. The Morgan fingerprint density at radius 3 is 2.38 bits per heavy atom. The molecule has 7 heteroatoms. The number of methoxy groups -OCH3 is 2. The first kappa shape index (κ1) is 17.5. The molecule has 1 aromatic carbocycles. The van der Waals surface area contributed by atoms with Gasteiger partial charge in [0.15, 0.2) is 11.5 Å². The van der Waals surface area contributed by atoms with Crippen molar-refractivity contribution in [1.29, 1.82) is 5.26 Å². The lowest BCUT2D eigenvalue weighted by atomic mass is 10.1. The number of piperazine rings is 1. The monoisotopic (exact) mass is 352 g/mol. The van der Waals surface area contributed by atoms with Crippen molar-refractivity contribution in [2.45, 2.75) is 0 Å². The highest BCUT2D eigenvalue weighted by Crippen LogP contribution is 2.28. The third-order valence-electron chi connectivity index (χ3n) is 4.40.